The quantitative estimate of drug-likeness (QED) is 0.918. The van der Waals surface area contributed by atoms with Crippen molar-refractivity contribution in [2.24, 2.45) is 5.92 Å². The zero-order valence-corrected chi connectivity index (χ0v) is 14.6. The SMILES string of the molecule is CC(C)C(NC(=O)c1ccccc1F)C(=O)N1CCCCCCC1. The van der Waals surface area contributed by atoms with Gasteiger partial charge < -0.3 is 10.2 Å². The Bertz CT molecular complexity index is 566. The molecule has 1 aliphatic rings. The second kappa shape index (κ2) is 8.81. The molecule has 1 saturated heterocycles. The minimum Gasteiger partial charge on any atom is -0.341 e. The summed E-state index contributed by atoms with van der Waals surface area (Å²) in [4.78, 5) is 27.1. The summed E-state index contributed by atoms with van der Waals surface area (Å²) in [6.45, 7) is 5.26. The van der Waals surface area contributed by atoms with Crippen molar-refractivity contribution in [3.05, 3.63) is 35.6 Å². The molecule has 1 aliphatic heterocycles. The number of rotatable bonds is 4. The van der Waals surface area contributed by atoms with Crippen molar-refractivity contribution < 1.29 is 14.0 Å². The van der Waals surface area contributed by atoms with Gasteiger partial charge in [0.1, 0.15) is 11.9 Å². The Balaban J connectivity index is 2.09. The van der Waals surface area contributed by atoms with Crippen LogP contribution in [0.15, 0.2) is 24.3 Å². The van der Waals surface area contributed by atoms with Crippen LogP contribution in [0.3, 0.4) is 0 Å². The fourth-order valence-corrected chi connectivity index (χ4v) is 3.04. The smallest absolute Gasteiger partial charge is 0.254 e. The normalized spacial score (nSPS) is 17.1. The van der Waals surface area contributed by atoms with E-state index in [9.17, 15) is 14.0 Å². The van der Waals surface area contributed by atoms with Crippen LogP contribution in [0, 0.1) is 11.7 Å². The van der Waals surface area contributed by atoms with Crippen molar-refractivity contribution in [1.82, 2.24) is 10.2 Å². The fraction of sp³-hybridized carbons (Fsp3) is 0.579. The van der Waals surface area contributed by atoms with Crippen molar-refractivity contribution >= 4 is 11.8 Å². The Morgan fingerprint density at radius 2 is 1.62 bits per heavy atom. The highest BCUT2D eigenvalue weighted by Crippen LogP contribution is 2.15. The average molecular weight is 334 g/mol. The second-order valence-electron chi connectivity index (χ2n) is 6.77. The van der Waals surface area contributed by atoms with Gasteiger partial charge in [-0.05, 0) is 30.9 Å². The minimum atomic E-state index is -0.628. The molecule has 1 N–H and O–H groups in total. The maximum atomic E-state index is 13.8. The highest BCUT2D eigenvalue weighted by molar-refractivity contribution is 5.97. The molecule has 0 spiro atoms. The standard InChI is InChI=1S/C19H27FN2O2/c1-14(2)17(19(24)22-12-8-4-3-5-9-13-22)21-18(23)15-10-6-7-11-16(15)20/h6-7,10-11,14,17H,3-5,8-9,12-13H2,1-2H3,(H,21,23). The largest absolute Gasteiger partial charge is 0.341 e. The van der Waals surface area contributed by atoms with E-state index in [1.54, 1.807) is 6.07 Å². The molecule has 4 nitrogen and oxygen atoms in total. The topological polar surface area (TPSA) is 49.4 Å². The number of halogens is 1. The van der Waals surface area contributed by atoms with Crippen molar-refractivity contribution in [1.29, 1.82) is 0 Å². The molecule has 24 heavy (non-hydrogen) atoms. The summed E-state index contributed by atoms with van der Waals surface area (Å²) in [5.74, 6) is -1.22. The van der Waals surface area contributed by atoms with Gasteiger partial charge in [0.25, 0.3) is 5.91 Å². The van der Waals surface area contributed by atoms with E-state index in [2.05, 4.69) is 5.32 Å². The van der Waals surface area contributed by atoms with Crippen LogP contribution in [-0.4, -0.2) is 35.8 Å². The summed E-state index contributed by atoms with van der Waals surface area (Å²) >= 11 is 0. The number of hydrogen-bond acceptors (Lipinski definition) is 2. The number of hydrogen-bond donors (Lipinski definition) is 1. The zero-order chi connectivity index (χ0) is 17.5. The number of likely N-dealkylation sites (tertiary alicyclic amines) is 1. The van der Waals surface area contributed by atoms with Gasteiger partial charge in [-0.3, -0.25) is 9.59 Å². The number of carbonyl (C=O) groups is 2. The Morgan fingerprint density at radius 1 is 1.04 bits per heavy atom. The Morgan fingerprint density at radius 3 is 2.21 bits per heavy atom. The van der Waals surface area contributed by atoms with Crippen molar-refractivity contribution in [2.45, 2.75) is 52.0 Å². The molecule has 0 bridgehead atoms. The number of nitrogens with zero attached hydrogens (tertiary/aromatic N) is 1. The van der Waals surface area contributed by atoms with Crippen molar-refractivity contribution in [3.8, 4) is 0 Å². The molecule has 0 aromatic heterocycles. The molecule has 2 amide bonds. The third-order valence-electron chi connectivity index (χ3n) is 4.51. The van der Waals surface area contributed by atoms with E-state index in [4.69, 9.17) is 0 Å². The molecule has 2 rings (SSSR count). The van der Waals surface area contributed by atoms with Gasteiger partial charge in [0, 0.05) is 13.1 Å². The van der Waals surface area contributed by atoms with Crippen molar-refractivity contribution in [3.63, 3.8) is 0 Å². The molecule has 0 saturated carbocycles. The Hall–Kier alpha value is -1.91. The lowest BCUT2D eigenvalue weighted by atomic mass is 10.0. The maximum Gasteiger partial charge on any atom is 0.254 e. The van der Waals surface area contributed by atoms with Crippen LogP contribution in [-0.2, 0) is 4.79 Å². The van der Waals surface area contributed by atoms with Gasteiger partial charge in [-0.15, -0.1) is 0 Å². The van der Waals surface area contributed by atoms with E-state index >= 15 is 0 Å². The Labute approximate surface area is 143 Å². The molecule has 1 fully saturated rings. The summed E-state index contributed by atoms with van der Waals surface area (Å²) in [5, 5.41) is 2.74. The van der Waals surface area contributed by atoms with Gasteiger partial charge in [0.05, 0.1) is 5.56 Å². The number of nitrogens with one attached hydrogen (secondary N) is 1. The molecule has 1 heterocycles. The van der Waals surface area contributed by atoms with E-state index < -0.39 is 17.8 Å². The molecule has 1 aromatic rings. The summed E-state index contributed by atoms with van der Waals surface area (Å²) < 4.78 is 13.8. The fourth-order valence-electron chi connectivity index (χ4n) is 3.04. The third kappa shape index (κ3) is 4.79. The highest BCUT2D eigenvalue weighted by Gasteiger charge is 2.29. The summed E-state index contributed by atoms with van der Waals surface area (Å²) in [6.07, 6.45) is 5.49. The first-order valence-corrected chi connectivity index (χ1v) is 8.85. The van der Waals surface area contributed by atoms with Crippen LogP contribution in [0.5, 0.6) is 0 Å². The monoisotopic (exact) mass is 334 g/mol. The van der Waals surface area contributed by atoms with Crippen LogP contribution in [0.25, 0.3) is 0 Å². The van der Waals surface area contributed by atoms with E-state index in [1.165, 1.54) is 24.6 Å². The average Bonchev–Trinajstić information content (AvgIpc) is 2.51. The van der Waals surface area contributed by atoms with Crippen LogP contribution in [0.4, 0.5) is 4.39 Å². The molecule has 0 aliphatic carbocycles. The first-order chi connectivity index (χ1) is 11.5. The summed E-state index contributed by atoms with van der Waals surface area (Å²) in [7, 11) is 0. The first kappa shape index (κ1) is 18.4. The molecule has 132 valence electrons. The molecule has 5 heteroatoms. The van der Waals surface area contributed by atoms with Crippen LogP contribution in [0.2, 0.25) is 0 Å². The van der Waals surface area contributed by atoms with E-state index in [0.29, 0.717) is 0 Å². The molecule has 1 aromatic carbocycles. The van der Waals surface area contributed by atoms with E-state index in [1.807, 2.05) is 18.7 Å². The minimum absolute atomic E-state index is 0.0244. The maximum absolute atomic E-state index is 13.8. The predicted octanol–water partition coefficient (Wildman–Crippen LogP) is 3.37. The molecule has 0 radical (unpaired) electrons. The van der Waals surface area contributed by atoms with Gasteiger partial charge in [-0.25, -0.2) is 4.39 Å². The van der Waals surface area contributed by atoms with Crippen LogP contribution < -0.4 is 5.32 Å². The van der Waals surface area contributed by atoms with Gasteiger partial charge in [-0.1, -0.05) is 45.2 Å². The Kier molecular flexibility index (Phi) is 6.76. The number of amides is 2. The lowest BCUT2D eigenvalue weighted by Crippen LogP contribution is -2.52. The van der Waals surface area contributed by atoms with E-state index in [-0.39, 0.29) is 17.4 Å². The number of benzene rings is 1. The van der Waals surface area contributed by atoms with Crippen LogP contribution >= 0.6 is 0 Å². The predicted molar refractivity (Wildman–Crippen MR) is 92.2 cm³/mol. The molecule has 1 atom stereocenters. The highest BCUT2D eigenvalue weighted by atomic mass is 19.1. The summed E-state index contributed by atoms with van der Waals surface area (Å²) in [5.41, 5.74) is -0.0244. The third-order valence-corrected chi connectivity index (χ3v) is 4.51. The first-order valence-electron chi connectivity index (χ1n) is 8.85. The second-order valence-corrected chi connectivity index (χ2v) is 6.77. The van der Waals surface area contributed by atoms with Crippen molar-refractivity contribution in [2.75, 3.05) is 13.1 Å². The lowest BCUT2D eigenvalue weighted by molar-refractivity contribution is -0.134. The molecule has 1 unspecified atom stereocenters. The molecular weight excluding hydrogens is 307 g/mol. The lowest BCUT2D eigenvalue weighted by Gasteiger charge is -2.31. The van der Waals surface area contributed by atoms with Gasteiger partial charge in [0.15, 0.2) is 0 Å². The van der Waals surface area contributed by atoms with E-state index in [0.717, 1.165) is 38.8 Å². The number of carbonyl (C=O) groups excluding carboxylic acids is 2. The molecular formula is C19H27FN2O2. The van der Waals surface area contributed by atoms with Gasteiger partial charge >= 0.3 is 0 Å². The van der Waals surface area contributed by atoms with Gasteiger partial charge in [-0.2, -0.15) is 0 Å². The zero-order valence-electron chi connectivity index (χ0n) is 14.6. The van der Waals surface area contributed by atoms with Crippen LogP contribution in [0.1, 0.15) is 56.3 Å². The van der Waals surface area contributed by atoms with Gasteiger partial charge in [0.2, 0.25) is 5.91 Å². The summed E-state index contributed by atoms with van der Waals surface area (Å²) in [6, 6.07) is 5.21.